The first-order valence-electron chi connectivity index (χ1n) is 10.7. The number of phenolic OH excluding ortho intramolecular Hbond substituents is 1. The van der Waals surface area contributed by atoms with E-state index in [1.54, 1.807) is 41.5 Å². The van der Waals surface area contributed by atoms with Crippen molar-refractivity contribution in [1.82, 2.24) is 0 Å². The maximum atomic E-state index is 13.3. The number of nitrogens with zero attached hydrogens (tertiary/aromatic N) is 1. The summed E-state index contributed by atoms with van der Waals surface area (Å²) in [6.07, 6.45) is -1.79. The highest BCUT2D eigenvalue weighted by molar-refractivity contribution is 9.10. The molecule has 2 atom stereocenters. The van der Waals surface area contributed by atoms with Crippen LogP contribution in [0.15, 0.2) is 31.9 Å². The van der Waals surface area contributed by atoms with Crippen molar-refractivity contribution < 1.29 is 38.9 Å². The molecule has 11 heteroatoms. The van der Waals surface area contributed by atoms with Crippen molar-refractivity contribution in [2.45, 2.75) is 53.5 Å². The second kappa shape index (κ2) is 9.52. The monoisotopic (exact) mass is 555 g/mol. The van der Waals surface area contributed by atoms with E-state index in [-0.39, 0.29) is 21.2 Å². The molecule has 0 saturated heterocycles. The summed E-state index contributed by atoms with van der Waals surface area (Å²) in [5.74, 6) is -4.16. The number of carboxylic acid groups (broad SMARTS) is 2. The van der Waals surface area contributed by atoms with E-state index in [0.29, 0.717) is 4.90 Å². The summed E-state index contributed by atoms with van der Waals surface area (Å²) in [5, 5.41) is 30.7. The van der Waals surface area contributed by atoms with Crippen LogP contribution in [0.1, 0.15) is 48.0 Å². The summed E-state index contributed by atoms with van der Waals surface area (Å²) in [7, 11) is 1.03. The van der Waals surface area contributed by atoms with Gasteiger partial charge in [0.15, 0.2) is 5.54 Å². The molecule has 1 aromatic carbocycles. The zero-order valence-corrected chi connectivity index (χ0v) is 22.2. The number of amides is 1. The topological polar surface area (TPSA) is 155 Å². The van der Waals surface area contributed by atoms with E-state index in [1.165, 1.54) is 18.2 Å². The van der Waals surface area contributed by atoms with Crippen molar-refractivity contribution in [3.8, 4) is 5.75 Å². The number of phenols is 1. The molecule has 1 heterocycles. The zero-order chi connectivity index (χ0) is 27.1. The van der Waals surface area contributed by atoms with Gasteiger partial charge in [-0.05, 0) is 38.9 Å². The summed E-state index contributed by atoms with van der Waals surface area (Å²) < 4.78 is 10.6. The van der Waals surface area contributed by atoms with Gasteiger partial charge in [-0.25, -0.2) is 14.4 Å². The first-order chi connectivity index (χ1) is 15.9. The van der Waals surface area contributed by atoms with Crippen LogP contribution in [0.5, 0.6) is 5.75 Å². The Labute approximate surface area is 210 Å². The van der Waals surface area contributed by atoms with E-state index < -0.39 is 58.1 Å². The molecule has 0 aliphatic carbocycles. The van der Waals surface area contributed by atoms with Crippen LogP contribution in [-0.4, -0.2) is 46.0 Å². The smallest absolute Gasteiger partial charge is 0.415 e. The zero-order valence-electron chi connectivity index (χ0n) is 20.6. The van der Waals surface area contributed by atoms with E-state index in [4.69, 9.17) is 9.15 Å². The van der Waals surface area contributed by atoms with Crippen molar-refractivity contribution in [3.63, 3.8) is 0 Å². The Morgan fingerprint density at radius 1 is 1.09 bits per heavy atom. The predicted molar refractivity (Wildman–Crippen MR) is 132 cm³/mol. The molecule has 2 aromatic rings. The molecule has 192 valence electrons. The fourth-order valence-electron chi connectivity index (χ4n) is 4.63. The number of anilines is 1. The van der Waals surface area contributed by atoms with Gasteiger partial charge in [-0.3, -0.25) is 9.69 Å². The maximum absolute atomic E-state index is 13.3. The molecule has 0 radical (unpaired) electrons. The highest BCUT2D eigenvalue weighted by Crippen LogP contribution is 2.51. The number of halogens is 1. The Kier molecular flexibility index (Phi) is 7.66. The minimum atomic E-state index is -2.27. The molecule has 10 nitrogen and oxygen atoms in total. The van der Waals surface area contributed by atoms with Crippen LogP contribution in [0, 0.1) is 16.7 Å². The molecule has 0 bridgehead atoms. The number of rotatable bonds is 6. The van der Waals surface area contributed by atoms with Crippen LogP contribution in [0.25, 0.3) is 11.0 Å². The second-order valence-corrected chi connectivity index (χ2v) is 11.3. The minimum absolute atomic E-state index is 0.00106. The molecular formula is C24H30BrNO9. The number of methoxy groups -OCH3 is 1. The highest BCUT2D eigenvalue weighted by atomic mass is 79.9. The number of carboxylic acids is 2. The third-order valence-electron chi connectivity index (χ3n) is 6.13. The summed E-state index contributed by atoms with van der Waals surface area (Å²) >= 11 is 3.18. The Morgan fingerprint density at radius 2 is 1.66 bits per heavy atom. The van der Waals surface area contributed by atoms with E-state index >= 15 is 0 Å². The van der Waals surface area contributed by atoms with Crippen molar-refractivity contribution in [1.29, 1.82) is 0 Å². The molecule has 2 rings (SSSR count). The number of carbonyl (C=O) groups is 3. The third kappa shape index (κ3) is 5.00. The lowest BCUT2D eigenvalue weighted by atomic mass is 9.57. The molecule has 0 spiro atoms. The maximum Gasteiger partial charge on any atom is 0.415 e. The molecule has 1 amide bonds. The van der Waals surface area contributed by atoms with Crippen molar-refractivity contribution in [2.24, 2.45) is 16.7 Å². The number of hydrogen-bond donors (Lipinski definition) is 3. The van der Waals surface area contributed by atoms with E-state index in [9.17, 15) is 34.5 Å². The van der Waals surface area contributed by atoms with Crippen molar-refractivity contribution in [2.75, 3.05) is 12.0 Å². The number of hydrogen-bond acceptors (Lipinski definition) is 7. The van der Waals surface area contributed by atoms with E-state index in [0.717, 1.165) is 7.11 Å². The molecule has 35 heavy (non-hydrogen) atoms. The van der Waals surface area contributed by atoms with Gasteiger partial charge in [0.05, 0.1) is 18.0 Å². The predicted octanol–water partition coefficient (Wildman–Crippen LogP) is 4.84. The molecule has 0 fully saturated rings. The number of fused-ring (bicyclic) bond motifs is 1. The Bertz CT molecular complexity index is 1220. The highest BCUT2D eigenvalue weighted by Gasteiger charge is 2.64. The normalized spacial score (nSPS) is 14.7. The number of carbonyl (C=O) groups excluding carboxylic acids is 1. The molecule has 0 saturated carbocycles. The van der Waals surface area contributed by atoms with Gasteiger partial charge in [-0.2, -0.15) is 0 Å². The summed E-state index contributed by atoms with van der Waals surface area (Å²) in [4.78, 5) is 52.3. The molecule has 1 aromatic heterocycles. The van der Waals surface area contributed by atoms with Crippen LogP contribution in [0.4, 0.5) is 10.5 Å². The fourth-order valence-corrected chi connectivity index (χ4v) is 4.99. The molecule has 1 unspecified atom stereocenters. The molecule has 3 N–H and O–H groups in total. The van der Waals surface area contributed by atoms with E-state index in [1.807, 2.05) is 0 Å². The first-order valence-corrected chi connectivity index (χ1v) is 11.5. The van der Waals surface area contributed by atoms with Gasteiger partial charge >= 0.3 is 23.7 Å². The Hall–Kier alpha value is -3.08. The molecule has 0 aliphatic rings. The third-order valence-corrected chi connectivity index (χ3v) is 6.77. The van der Waals surface area contributed by atoms with Crippen molar-refractivity contribution >= 4 is 50.6 Å². The summed E-state index contributed by atoms with van der Waals surface area (Å²) in [5.41, 5.74) is -6.05. The van der Waals surface area contributed by atoms with Gasteiger partial charge in [0.25, 0.3) is 0 Å². The second-order valence-electron chi connectivity index (χ2n) is 10.4. The first kappa shape index (κ1) is 28.2. The van der Waals surface area contributed by atoms with Gasteiger partial charge in [0.2, 0.25) is 0 Å². The number of aliphatic carboxylic acids is 2. The Balaban J connectivity index is 3.12. The molecule has 0 aliphatic heterocycles. The summed E-state index contributed by atoms with van der Waals surface area (Å²) in [6, 6.07) is 3.89. The van der Waals surface area contributed by atoms with Crippen LogP contribution >= 0.6 is 15.9 Å². The lowest BCUT2D eigenvalue weighted by molar-refractivity contribution is -0.157. The molecular weight excluding hydrogens is 526 g/mol. The van der Waals surface area contributed by atoms with Gasteiger partial charge in [0, 0.05) is 17.4 Å². The van der Waals surface area contributed by atoms with Gasteiger partial charge in [-0.1, -0.05) is 41.5 Å². The number of ether oxygens (including phenoxy) is 1. The quantitative estimate of drug-likeness (QED) is 0.424. The Morgan fingerprint density at radius 3 is 2.09 bits per heavy atom. The van der Waals surface area contributed by atoms with Gasteiger partial charge in [0.1, 0.15) is 17.0 Å². The van der Waals surface area contributed by atoms with Crippen molar-refractivity contribution in [3.05, 3.63) is 33.1 Å². The van der Waals surface area contributed by atoms with Crippen LogP contribution < -0.4 is 10.5 Å². The fraction of sp³-hybridized carbons (Fsp3) is 0.500. The van der Waals surface area contributed by atoms with Gasteiger partial charge in [-0.15, -0.1) is 0 Å². The number of aromatic hydroxyl groups is 1. The lowest BCUT2D eigenvalue weighted by Gasteiger charge is -2.55. The largest absolute Gasteiger partial charge is 0.507 e. The lowest BCUT2D eigenvalue weighted by Crippen LogP contribution is -2.71. The van der Waals surface area contributed by atoms with Crippen LogP contribution in [0.2, 0.25) is 0 Å². The standard InChI is InChI=1S/C24H30BrNO9/c1-22(2,3)17(11-18(28)29)24(20(31)32,23(4,5)6)26(21(33)34-7)14-9-12-8-13(25)15(27)10-16(12)35-19(14)30/h8-10,17,27H,11H2,1-7H3,(H,28,29)(H,31,32)/t17?,24-/m0/s1. The van der Waals surface area contributed by atoms with E-state index in [2.05, 4.69) is 15.9 Å². The SMILES string of the molecule is COC(=O)N(c1cc2cc(Br)c(O)cc2oc1=O)[C@](C(=O)O)(C(CC(=O)O)C(C)(C)C)C(C)(C)C. The number of benzene rings is 1. The average molecular weight is 556 g/mol. The average Bonchev–Trinajstić information content (AvgIpc) is 2.69. The minimum Gasteiger partial charge on any atom is -0.507 e. The van der Waals surface area contributed by atoms with Crippen LogP contribution in [-0.2, 0) is 14.3 Å². The van der Waals surface area contributed by atoms with Crippen LogP contribution in [0.3, 0.4) is 0 Å². The summed E-state index contributed by atoms with van der Waals surface area (Å²) in [6.45, 7) is 9.66. The van der Waals surface area contributed by atoms with Gasteiger partial charge < -0.3 is 24.5 Å².